The van der Waals surface area contributed by atoms with Gasteiger partial charge < -0.3 is 236 Å². The summed E-state index contributed by atoms with van der Waals surface area (Å²) in [6, 6.07) is 0. The number of nitrogens with two attached hydrogens (primary N) is 2. The number of unbranched alkanes of at least 4 members (excludes halogenated alkanes) is 8. The standard InChI is InChI=1S/C13H31NO7P2.C11H26N2O8P2.C11H19N2O4.C8H19BrN.C7H15NO2.C6H15N.2C4H13NO7P2.C4H5NO3.CH2O3.CH4.2BrH.3ClH.2K.H/c1-14(2,3)12-10-8-6-4-5-7-9-11-13(15,22(16,17)18)23(19,20)21;1-13(2,3)9-4-6-10(14)12-8-5-7-11(15,22(16,17)18)23(19,20)21;1-13(2,3)8-4-5-11(16)17-12-9(14)6-7-10(12)15;1-10(2,3)8-6-4-5-7-9;1-8(2,3)6-4-5-7(9)10;1-4-7(5-2)6-3;2*5-3-1-2-4(6,13(7,8)9)14(10,11)12;6-3-1-2-4(7)5(3)8;2-1-4-3;;;;;;;;;/h15H,4-12H2,1-3H3,(H3-,16,17,18,19,20,21);15H,4-9H2,1-3H3,(H4-,12,14,16,17,18,19,20,21);4-8H2,1-3H3;4-8H2,1-3H3;4-6H2,1-3H3;4-6H2,1-3H3;2*6H,1-3,5H2,(H2,7,8,9)(H2,10,11,12);8H,1-2H2;1,3H;1H4;5*1H;;;/q;;2*+1;;;;;;;;;;;;;2*+1;-1/p-3. The summed E-state index contributed by atoms with van der Waals surface area (Å²) in [6.45, 7) is 14.8. The van der Waals surface area contributed by atoms with Gasteiger partial charge in [0.1, 0.15) is 0 Å². The van der Waals surface area contributed by atoms with Crippen molar-refractivity contribution in [3.8, 4) is 0 Å². The SMILES string of the molecule is C.CCN(CC)CC.C[N+](C)(C)CCCC(=O)NCCCC(O)(P(=O)(O)O)P(=O)(O)O.C[N+](C)(C)CCCC(=O)O.C[N+](C)(C)CCCC(=O)ON1C(=O)CCC1=O.C[N+](C)(C)CCCCCBr.C[N+](C)(C)CCCCCCCCCC(O)(P(=O)(O)O)P(=O)(O)O.NCCCC(O)(P(=O)(O)O)P(=O)(O)O.NCCCC(O)(P(=O)(O)O)P(=O)(O)O.O=C1CCC(=O)N1O.O=CO[O-].[Br-].[Br-].[Cl-].[Cl-].[Cl-].[H-].[K+].[K+]. The van der Waals surface area contributed by atoms with Crippen molar-refractivity contribution < 1.29 is 397 Å². The number of carboxylic acids is 1. The molecule has 2 aliphatic rings. The average Bonchev–Trinajstić information content (AvgIpc) is 1.63. The van der Waals surface area contributed by atoms with Crippen molar-refractivity contribution in [1.29, 1.82) is 0 Å². The number of nitrogens with one attached hydrogen (secondary N) is 1. The predicted molar refractivity (Wildman–Crippen MR) is 488 cm³/mol. The van der Waals surface area contributed by atoms with E-state index in [1.807, 2.05) is 42.3 Å². The van der Waals surface area contributed by atoms with E-state index >= 15 is 0 Å². The smallest absolute Gasteiger partial charge is 1.00 e. The van der Waals surface area contributed by atoms with Gasteiger partial charge in [0.05, 0.1) is 151 Å². The summed E-state index contributed by atoms with van der Waals surface area (Å²) in [5, 5.41) is 54.0. The molecule has 2 heterocycles. The molecular formula is C70H165Br3Cl3K2N11O41P8. The minimum absolute atomic E-state index is 0. The van der Waals surface area contributed by atoms with Crippen molar-refractivity contribution in [2.75, 3.05) is 183 Å². The van der Waals surface area contributed by atoms with Crippen LogP contribution in [0.1, 0.15) is 203 Å². The summed E-state index contributed by atoms with van der Waals surface area (Å²) in [4.78, 5) is 235. The summed E-state index contributed by atoms with van der Waals surface area (Å²) < 4.78 is 91.8. The van der Waals surface area contributed by atoms with Crippen molar-refractivity contribution in [1.82, 2.24) is 20.3 Å². The van der Waals surface area contributed by atoms with Crippen LogP contribution < -0.4 is 196 Å². The Labute approximate surface area is 947 Å². The number of nitrogens with zero attached hydrogens (tertiary/aromatic N) is 8. The summed E-state index contributed by atoms with van der Waals surface area (Å²) in [6.07, 6.45) is 9.92. The van der Waals surface area contributed by atoms with E-state index in [2.05, 4.69) is 115 Å². The third-order valence-corrected chi connectivity index (χ3v) is 33.8. The van der Waals surface area contributed by atoms with Crippen LogP contribution in [0.4, 0.5) is 0 Å². The zero-order valence-corrected chi connectivity index (χ0v) is 103. The fourth-order valence-electron chi connectivity index (χ4n) is 10.0. The van der Waals surface area contributed by atoms with E-state index in [-0.39, 0.29) is 291 Å². The number of rotatable bonds is 50. The Morgan fingerprint density at radius 1 is 0.428 bits per heavy atom. The van der Waals surface area contributed by atoms with E-state index in [9.17, 15) is 90.5 Å². The minimum atomic E-state index is -5.43. The molecule has 2 saturated heterocycles. The molecule has 5 amide bonds. The molecule has 2 fully saturated rings. The molecule has 0 atom stereocenters. The van der Waals surface area contributed by atoms with Gasteiger partial charge in [-0.15, -0.1) is 5.06 Å². The first-order valence-corrected chi connectivity index (χ1v) is 55.1. The maximum Gasteiger partial charge on any atom is 1.00 e. The second-order valence-electron chi connectivity index (χ2n) is 34.9. The molecule has 0 unspecified atom stereocenters. The van der Waals surface area contributed by atoms with Gasteiger partial charge in [0, 0.05) is 82.5 Å². The number of carbonyl (C=O) groups is 8. The number of imide groups is 2. The van der Waals surface area contributed by atoms with Crippen molar-refractivity contribution >= 4 is 125 Å². The number of hydrogen-bond donors (Lipinski definition) is 25. The molecule has 0 bridgehead atoms. The Kier molecular flexibility index (Phi) is 108. The van der Waals surface area contributed by atoms with Crippen molar-refractivity contribution in [3.63, 3.8) is 0 Å². The fourth-order valence-corrected chi connectivity index (χ4v) is 19.4. The Bertz CT molecular complexity index is 3510. The van der Waals surface area contributed by atoms with E-state index < -0.39 is 142 Å². The maximum atomic E-state index is 11.6. The molecule has 27 N–H and O–H groups in total. The summed E-state index contributed by atoms with van der Waals surface area (Å²) in [5.74, 6) is -3.38. The van der Waals surface area contributed by atoms with Gasteiger partial charge in [-0.3, -0.25) is 75.3 Å². The van der Waals surface area contributed by atoms with Gasteiger partial charge in [0.15, 0.2) is 0 Å². The first kappa shape index (κ1) is 176. The summed E-state index contributed by atoms with van der Waals surface area (Å²) in [7, 11) is -11.3. The third-order valence-electron chi connectivity index (χ3n) is 17.7. The van der Waals surface area contributed by atoms with Crippen LogP contribution in [0.5, 0.6) is 0 Å². The topological polar surface area (TPSA) is 833 Å². The zero-order chi connectivity index (χ0) is 105. The molecule has 2 aliphatic heterocycles. The van der Waals surface area contributed by atoms with Gasteiger partial charge in [-0.25, -0.2) is 4.79 Å². The van der Waals surface area contributed by atoms with E-state index in [1.165, 1.54) is 45.4 Å². The van der Waals surface area contributed by atoms with Crippen molar-refractivity contribution in [2.24, 2.45) is 11.5 Å². The Hall–Kier alpha value is 2.38. The van der Waals surface area contributed by atoms with Gasteiger partial charge in [-0.1, -0.05) is 69.8 Å². The number of quaternary nitrogens is 5. The summed E-state index contributed by atoms with van der Waals surface area (Å²) in [5.41, 5.74) is 10.0. The number of aliphatic carboxylic acids is 1. The number of hydrogen-bond acceptors (Lipinski definition) is 27. The molecule has 0 spiro atoms. The van der Waals surface area contributed by atoms with Crippen LogP contribution in [0.2, 0.25) is 0 Å². The van der Waals surface area contributed by atoms with Gasteiger partial charge in [-0.05, 0) is 96.9 Å². The van der Waals surface area contributed by atoms with Crippen LogP contribution in [0.25, 0.3) is 0 Å². The van der Waals surface area contributed by atoms with Gasteiger partial charge in [0.25, 0.3) is 50.4 Å². The number of alkyl halides is 1. The van der Waals surface area contributed by atoms with Crippen LogP contribution >= 0.6 is 76.7 Å². The molecule has 2 rings (SSSR count). The summed E-state index contributed by atoms with van der Waals surface area (Å²) >= 11 is 3.42. The molecule has 68 heteroatoms. The third kappa shape index (κ3) is 88.9. The number of carboxylic acid groups (broad SMARTS) is 1. The molecule has 0 aromatic carbocycles. The number of halogens is 6. The number of carbonyl (C=O) groups excluding carboxylic acids is 7. The Balaban J connectivity index is -0.0000000809. The fraction of sp³-hybridized carbons (Fsp3) is 0.886. The van der Waals surface area contributed by atoms with Crippen LogP contribution in [0.15, 0.2) is 0 Å². The second-order valence-corrected chi connectivity index (χ2v) is 51.7. The predicted octanol–water partition coefficient (Wildman–Crippen LogP) is -19.4. The van der Waals surface area contributed by atoms with Crippen LogP contribution in [-0.4, -0.2) is 398 Å². The van der Waals surface area contributed by atoms with Gasteiger partial charge in [0.2, 0.25) is 5.91 Å². The van der Waals surface area contributed by atoms with Crippen LogP contribution in [0, 0.1) is 0 Å². The monoisotopic (exact) mass is 2480 g/mol. The molecule has 0 aliphatic carbocycles. The first-order chi connectivity index (χ1) is 58.2. The normalized spacial score (nSPS) is 13.2. The van der Waals surface area contributed by atoms with E-state index in [4.69, 9.17) is 115 Å². The van der Waals surface area contributed by atoms with Crippen LogP contribution in [-0.2, 0) is 84.6 Å². The Morgan fingerprint density at radius 3 is 0.870 bits per heavy atom. The van der Waals surface area contributed by atoms with Crippen molar-refractivity contribution in [3.05, 3.63) is 0 Å². The Morgan fingerprint density at radius 2 is 0.652 bits per heavy atom. The molecule has 0 saturated carbocycles. The molecule has 0 aromatic heterocycles. The van der Waals surface area contributed by atoms with E-state index in [0.29, 0.717) is 28.8 Å². The zero-order valence-electron chi connectivity index (χ0n) is 83.3. The second kappa shape index (κ2) is 84.8. The molecule has 52 nitrogen and oxygen atoms in total. The number of hydroxylamine groups is 4. The van der Waals surface area contributed by atoms with E-state index in [1.54, 1.807) is 0 Å². The molecule has 138 heavy (non-hydrogen) atoms. The number of aliphatic hydroxyl groups is 4. The molecule has 830 valence electrons. The minimum Gasteiger partial charge on any atom is -1.00 e. The molecular weight excluding hydrogens is 2320 g/mol. The average molecular weight is 2490 g/mol. The number of amides is 5. The van der Waals surface area contributed by atoms with Gasteiger partial charge in [-0.2, -0.15) is 5.06 Å². The molecule has 0 aromatic rings. The maximum absolute atomic E-state index is 11.6. The quantitative estimate of drug-likeness (QED) is 0.00257. The largest absolute Gasteiger partial charge is 1.00 e. The van der Waals surface area contributed by atoms with Crippen LogP contribution in [0.3, 0.4) is 0 Å². The molecule has 0 radical (unpaired) electrons. The first-order valence-electron chi connectivity index (χ1n) is 41.1. The van der Waals surface area contributed by atoms with E-state index in [0.717, 1.165) is 88.0 Å². The van der Waals surface area contributed by atoms with Gasteiger partial charge >= 0.3 is 175 Å². The van der Waals surface area contributed by atoms with Crippen molar-refractivity contribution in [2.45, 2.75) is 222 Å².